The molecule has 0 aromatic heterocycles. The number of primary amides is 1. The predicted octanol–water partition coefficient (Wildman–Crippen LogP) is 0.764. The van der Waals surface area contributed by atoms with E-state index in [1.807, 2.05) is 0 Å². The van der Waals surface area contributed by atoms with E-state index in [-0.39, 0.29) is 5.91 Å². The summed E-state index contributed by atoms with van der Waals surface area (Å²) in [7, 11) is 0. The highest BCUT2D eigenvalue weighted by Crippen LogP contribution is 2.69. The van der Waals surface area contributed by atoms with Gasteiger partial charge in [0, 0.05) is 5.92 Å². The van der Waals surface area contributed by atoms with Crippen LogP contribution >= 0.6 is 0 Å². The lowest BCUT2D eigenvalue weighted by atomic mass is 10.0. The van der Waals surface area contributed by atoms with Crippen molar-refractivity contribution < 1.29 is 4.79 Å². The quantitative estimate of drug-likeness (QED) is 0.590. The smallest absolute Gasteiger partial charge is 0.221 e. The van der Waals surface area contributed by atoms with Crippen LogP contribution in [0.3, 0.4) is 0 Å². The number of hydrogen-bond acceptors (Lipinski definition) is 1. The average Bonchev–Trinajstić information content (AvgIpc) is 2.44. The molecular formula is C9H13NO. The fourth-order valence-corrected chi connectivity index (χ4v) is 3.71. The molecule has 3 fully saturated rings. The van der Waals surface area contributed by atoms with Gasteiger partial charge in [-0.2, -0.15) is 0 Å². The summed E-state index contributed by atoms with van der Waals surface area (Å²) in [6, 6.07) is 0. The first-order chi connectivity index (χ1) is 5.29. The summed E-state index contributed by atoms with van der Waals surface area (Å²) in [5.74, 6) is 3.47. The summed E-state index contributed by atoms with van der Waals surface area (Å²) in [5.41, 5.74) is 5.30. The molecule has 3 saturated carbocycles. The van der Waals surface area contributed by atoms with Crippen LogP contribution in [0.2, 0.25) is 0 Å². The van der Waals surface area contributed by atoms with Crippen molar-refractivity contribution in [3.8, 4) is 0 Å². The average molecular weight is 151 g/mol. The maximum absolute atomic E-state index is 10.9. The van der Waals surface area contributed by atoms with E-state index in [0.717, 1.165) is 23.7 Å². The van der Waals surface area contributed by atoms with Crippen LogP contribution in [0.1, 0.15) is 19.3 Å². The van der Waals surface area contributed by atoms with Crippen LogP contribution in [0.25, 0.3) is 0 Å². The lowest BCUT2D eigenvalue weighted by molar-refractivity contribution is -0.120. The Kier molecular flexibility index (Phi) is 0.890. The molecule has 1 amide bonds. The lowest BCUT2D eigenvalue weighted by Gasteiger charge is -2.04. The van der Waals surface area contributed by atoms with Crippen molar-refractivity contribution in [1.29, 1.82) is 0 Å². The molecular weight excluding hydrogens is 138 g/mol. The van der Waals surface area contributed by atoms with Crippen LogP contribution in [0.5, 0.6) is 0 Å². The number of rotatable bonds is 1. The van der Waals surface area contributed by atoms with Gasteiger partial charge in [-0.1, -0.05) is 0 Å². The molecule has 11 heavy (non-hydrogen) atoms. The van der Waals surface area contributed by atoms with Gasteiger partial charge in [0.15, 0.2) is 0 Å². The molecule has 0 saturated heterocycles. The first kappa shape index (κ1) is 6.04. The van der Waals surface area contributed by atoms with E-state index in [0.29, 0.717) is 5.92 Å². The monoisotopic (exact) mass is 151 g/mol. The maximum Gasteiger partial charge on any atom is 0.221 e. The second-order valence-corrected chi connectivity index (χ2v) is 4.42. The first-order valence-electron chi connectivity index (χ1n) is 4.58. The normalized spacial score (nSPS) is 57.6. The van der Waals surface area contributed by atoms with Crippen molar-refractivity contribution in [2.24, 2.45) is 35.3 Å². The number of hydrogen-bond donors (Lipinski definition) is 1. The van der Waals surface area contributed by atoms with Gasteiger partial charge in [-0.05, 0) is 42.9 Å². The fourth-order valence-electron chi connectivity index (χ4n) is 3.71. The second-order valence-electron chi connectivity index (χ2n) is 4.42. The molecule has 0 spiro atoms. The van der Waals surface area contributed by atoms with Crippen molar-refractivity contribution in [2.45, 2.75) is 19.3 Å². The Bertz CT molecular complexity index is 210. The molecule has 1 unspecified atom stereocenters. The van der Waals surface area contributed by atoms with E-state index in [4.69, 9.17) is 5.73 Å². The van der Waals surface area contributed by atoms with Gasteiger partial charge in [0.1, 0.15) is 0 Å². The molecule has 0 aromatic rings. The SMILES string of the molecule is NC(=O)C1[C@H]2[C@@H]3CC[C@@H](C3)[C@H]12. The number of carbonyl (C=O) groups is 1. The Morgan fingerprint density at radius 3 is 2.18 bits per heavy atom. The molecule has 2 bridgehead atoms. The van der Waals surface area contributed by atoms with Crippen molar-refractivity contribution in [3.05, 3.63) is 0 Å². The largest absolute Gasteiger partial charge is 0.369 e. The van der Waals surface area contributed by atoms with E-state index in [1.54, 1.807) is 0 Å². The van der Waals surface area contributed by atoms with Crippen molar-refractivity contribution in [3.63, 3.8) is 0 Å². The number of nitrogens with two attached hydrogens (primary N) is 1. The Hall–Kier alpha value is -0.530. The lowest BCUT2D eigenvalue weighted by Crippen LogP contribution is -2.18. The standard InChI is InChI=1S/C9H13NO/c10-9(11)8-6-4-1-2-5(3-4)7(6)8/h4-8H,1-3H2,(H2,10,11)/t4-,5+,6-,7-,8?/m0/s1. The van der Waals surface area contributed by atoms with E-state index in [9.17, 15) is 4.79 Å². The minimum atomic E-state index is -0.0309. The zero-order chi connectivity index (χ0) is 7.59. The highest BCUT2D eigenvalue weighted by molar-refractivity contribution is 5.81. The molecule has 0 radical (unpaired) electrons. The van der Waals surface area contributed by atoms with Gasteiger partial charge >= 0.3 is 0 Å². The zero-order valence-electron chi connectivity index (χ0n) is 6.49. The van der Waals surface area contributed by atoms with Crippen LogP contribution in [0.15, 0.2) is 0 Å². The third-order valence-corrected chi connectivity index (χ3v) is 4.06. The van der Waals surface area contributed by atoms with Gasteiger partial charge in [-0.3, -0.25) is 4.79 Å². The first-order valence-corrected chi connectivity index (χ1v) is 4.58. The Morgan fingerprint density at radius 1 is 1.18 bits per heavy atom. The van der Waals surface area contributed by atoms with Crippen LogP contribution in [-0.2, 0) is 4.79 Å². The van der Waals surface area contributed by atoms with Crippen molar-refractivity contribution in [2.75, 3.05) is 0 Å². The minimum absolute atomic E-state index is 0.0309. The highest BCUT2D eigenvalue weighted by atomic mass is 16.1. The number of carbonyl (C=O) groups excluding carboxylic acids is 1. The van der Waals surface area contributed by atoms with E-state index < -0.39 is 0 Å². The van der Waals surface area contributed by atoms with Crippen LogP contribution in [-0.4, -0.2) is 5.91 Å². The van der Waals surface area contributed by atoms with Gasteiger partial charge < -0.3 is 5.73 Å². The molecule has 2 N–H and O–H groups in total. The number of amides is 1. The molecule has 3 aliphatic carbocycles. The Morgan fingerprint density at radius 2 is 1.73 bits per heavy atom. The van der Waals surface area contributed by atoms with Crippen LogP contribution in [0.4, 0.5) is 0 Å². The van der Waals surface area contributed by atoms with E-state index >= 15 is 0 Å². The van der Waals surface area contributed by atoms with Crippen LogP contribution < -0.4 is 5.73 Å². The van der Waals surface area contributed by atoms with Gasteiger partial charge in [-0.15, -0.1) is 0 Å². The molecule has 0 aromatic carbocycles. The predicted molar refractivity (Wildman–Crippen MR) is 40.5 cm³/mol. The third-order valence-electron chi connectivity index (χ3n) is 4.06. The summed E-state index contributed by atoms with van der Waals surface area (Å²) in [5, 5.41) is 0. The van der Waals surface area contributed by atoms with Crippen LogP contribution in [0, 0.1) is 29.6 Å². The summed E-state index contributed by atoms with van der Waals surface area (Å²) >= 11 is 0. The Labute approximate surface area is 66.1 Å². The molecule has 3 aliphatic rings. The van der Waals surface area contributed by atoms with Crippen molar-refractivity contribution >= 4 is 5.91 Å². The molecule has 2 heteroatoms. The molecule has 0 aliphatic heterocycles. The van der Waals surface area contributed by atoms with Gasteiger partial charge in [0.05, 0.1) is 0 Å². The highest BCUT2D eigenvalue weighted by Gasteiger charge is 2.66. The summed E-state index contributed by atoms with van der Waals surface area (Å²) in [4.78, 5) is 10.9. The van der Waals surface area contributed by atoms with Gasteiger partial charge in [0.25, 0.3) is 0 Å². The molecule has 5 atom stereocenters. The van der Waals surface area contributed by atoms with E-state index in [1.165, 1.54) is 19.3 Å². The summed E-state index contributed by atoms with van der Waals surface area (Å²) < 4.78 is 0. The van der Waals surface area contributed by atoms with Gasteiger partial charge in [-0.25, -0.2) is 0 Å². The second kappa shape index (κ2) is 1.62. The van der Waals surface area contributed by atoms with E-state index in [2.05, 4.69) is 0 Å². The molecule has 2 nitrogen and oxygen atoms in total. The Balaban J connectivity index is 1.86. The minimum Gasteiger partial charge on any atom is -0.369 e. The van der Waals surface area contributed by atoms with Crippen molar-refractivity contribution in [1.82, 2.24) is 0 Å². The number of fused-ring (bicyclic) bond motifs is 5. The maximum atomic E-state index is 10.9. The summed E-state index contributed by atoms with van der Waals surface area (Å²) in [6.45, 7) is 0. The third kappa shape index (κ3) is 0.569. The summed E-state index contributed by atoms with van der Waals surface area (Å²) in [6.07, 6.45) is 4.14. The zero-order valence-corrected chi connectivity index (χ0v) is 6.49. The molecule has 0 heterocycles. The van der Waals surface area contributed by atoms with Gasteiger partial charge in [0.2, 0.25) is 5.91 Å². The topological polar surface area (TPSA) is 43.1 Å². The molecule has 60 valence electrons. The fraction of sp³-hybridized carbons (Fsp3) is 0.889. The molecule has 3 rings (SSSR count).